The van der Waals surface area contributed by atoms with Crippen molar-refractivity contribution in [2.24, 2.45) is 5.92 Å². The molecule has 1 aromatic rings. The molecule has 1 amide bonds. The van der Waals surface area contributed by atoms with Crippen molar-refractivity contribution in [3.63, 3.8) is 0 Å². The smallest absolute Gasteiger partial charge is 0.410 e. The summed E-state index contributed by atoms with van der Waals surface area (Å²) in [6.45, 7) is 12.6. The molecule has 3 aliphatic rings. The summed E-state index contributed by atoms with van der Waals surface area (Å²) in [5.41, 5.74) is 2.46. The molecule has 7 nitrogen and oxygen atoms in total. The molecule has 3 heterocycles. The van der Waals surface area contributed by atoms with Crippen molar-refractivity contribution in [3.05, 3.63) is 29.3 Å². The first-order chi connectivity index (χ1) is 14.3. The number of hydrogen-bond donors (Lipinski definition) is 0. The lowest BCUT2D eigenvalue weighted by molar-refractivity contribution is 0.0130. The molecule has 0 N–H and O–H groups in total. The molecule has 30 heavy (non-hydrogen) atoms. The Labute approximate surface area is 178 Å². The first-order valence-electron chi connectivity index (χ1n) is 11.0. The molecule has 0 saturated carbocycles. The largest absolute Gasteiger partial charge is 0.457 e. The summed E-state index contributed by atoms with van der Waals surface area (Å²) in [6.07, 6.45) is 2.13. The number of carbonyl (C=O) groups is 2. The number of cyclic esters (lactones) is 1. The Morgan fingerprint density at radius 1 is 1.10 bits per heavy atom. The third kappa shape index (κ3) is 4.89. The second-order valence-electron chi connectivity index (χ2n) is 9.62. The van der Waals surface area contributed by atoms with Gasteiger partial charge >= 0.3 is 12.1 Å². The van der Waals surface area contributed by atoms with Gasteiger partial charge in [-0.1, -0.05) is 0 Å². The third-order valence-corrected chi connectivity index (χ3v) is 6.19. The maximum atomic E-state index is 12.2. The van der Waals surface area contributed by atoms with Crippen molar-refractivity contribution in [2.45, 2.75) is 45.8 Å². The van der Waals surface area contributed by atoms with Crippen LogP contribution in [0.3, 0.4) is 0 Å². The van der Waals surface area contributed by atoms with Gasteiger partial charge in [0.05, 0.1) is 5.56 Å². The summed E-state index contributed by atoms with van der Waals surface area (Å²) in [7, 11) is 0. The molecule has 0 radical (unpaired) electrons. The number of piperidine rings is 1. The van der Waals surface area contributed by atoms with E-state index in [-0.39, 0.29) is 12.1 Å². The highest BCUT2D eigenvalue weighted by molar-refractivity contribution is 5.93. The minimum atomic E-state index is -0.441. The van der Waals surface area contributed by atoms with Crippen molar-refractivity contribution < 1.29 is 19.1 Å². The summed E-state index contributed by atoms with van der Waals surface area (Å²) in [5.74, 6) is 0.482. The molecule has 4 rings (SSSR count). The number of ether oxygens (including phenoxy) is 2. The number of piperazine rings is 1. The fraction of sp³-hybridized carbons (Fsp3) is 0.652. The van der Waals surface area contributed by atoms with E-state index in [4.69, 9.17) is 9.47 Å². The summed E-state index contributed by atoms with van der Waals surface area (Å²) in [5, 5.41) is 0. The van der Waals surface area contributed by atoms with Gasteiger partial charge < -0.3 is 19.3 Å². The monoisotopic (exact) mass is 415 g/mol. The maximum Gasteiger partial charge on any atom is 0.410 e. The van der Waals surface area contributed by atoms with Crippen molar-refractivity contribution in [1.82, 2.24) is 9.80 Å². The highest BCUT2D eigenvalue weighted by Crippen LogP contribution is 2.29. The van der Waals surface area contributed by atoms with Crippen LogP contribution < -0.4 is 4.90 Å². The molecule has 1 aromatic carbocycles. The number of rotatable bonds is 3. The van der Waals surface area contributed by atoms with Gasteiger partial charge in [-0.15, -0.1) is 0 Å². The minimum absolute atomic E-state index is 0.197. The van der Waals surface area contributed by atoms with Gasteiger partial charge in [-0.2, -0.15) is 0 Å². The molecular formula is C23H33N3O4. The summed E-state index contributed by atoms with van der Waals surface area (Å²) < 4.78 is 10.6. The number of fused-ring (bicyclic) bond motifs is 1. The Bertz CT molecular complexity index is 788. The quantitative estimate of drug-likeness (QED) is 0.707. The number of nitrogens with zero attached hydrogens (tertiary/aromatic N) is 3. The van der Waals surface area contributed by atoms with Crippen LogP contribution >= 0.6 is 0 Å². The van der Waals surface area contributed by atoms with Gasteiger partial charge in [0.2, 0.25) is 0 Å². The second kappa shape index (κ2) is 8.46. The highest BCUT2D eigenvalue weighted by atomic mass is 16.6. The Hall–Kier alpha value is -2.28. The lowest BCUT2D eigenvalue weighted by Crippen LogP contribution is -2.51. The lowest BCUT2D eigenvalue weighted by Gasteiger charge is -2.39. The summed E-state index contributed by atoms with van der Waals surface area (Å²) >= 11 is 0. The average molecular weight is 416 g/mol. The molecule has 7 heteroatoms. The van der Waals surface area contributed by atoms with E-state index in [0.29, 0.717) is 18.1 Å². The fourth-order valence-corrected chi connectivity index (χ4v) is 4.49. The number of carbonyl (C=O) groups excluding carboxylic acids is 2. The normalized spacial score (nSPS) is 20.8. The number of amides is 1. The first-order valence-corrected chi connectivity index (χ1v) is 11.0. The Morgan fingerprint density at radius 2 is 1.80 bits per heavy atom. The van der Waals surface area contributed by atoms with Crippen LogP contribution in [0, 0.1) is 5.92 Å². The van der Waals surface area contributed by atoms with E-state index < -0.39 is 5.60 Å². The second-order valence-corrected chi connectivity index (χ2v) is 9.62. The van der Waals surface area contributed by atoms with Gasteiger partial charge in [-0.3, -0.25) is 4.90 Å². The van der Waals surface area contributed by atoms with Gasteiger partial charge in [0.15, 0.2) is 0 Å². The first kappa shape index (κ1) is 21.0. The molecule has 0 aromatic heterocycles. The molecular weight excluding hydrogens is 382 g/mol. The zero-order valence-corrected chi connectivity index (χ0v) is 18.4. The molecule has 2 fully saturated rings. The molecule has 0 spiro atoms. The average Bonchev–Trinajstić information content (AvgIpc) is 3.08. The zero-order valence-electron chi connectivity index (χ0n) is 18.4. The van der Waals surface area contributed by atoms with Crippen molar-refractivity contribution in [3.8, 4) is 0 Å². The SMILES string of the molecule is CC(C)(C)OC(=O)N1CCN(CC2CCN(c3ccc4c(c3)COC4=O)CC2)CC1. The molecule has 0 unspecified atom stereocenters. The van der Waals surface area contributed by atoms with Gasteiger partial charge in [0.25, 0.3) is 0 Å². The predicted molar refractivity (Wildman–Crippen MR) is 115 cm³/mol. The van der Waals surface area contributed by atoms with Crippen molar-refractivity contribution in [2.75, 3.05) is 50.7 Å². The molecule has 2 saturated heterocycles. The Morgan fingerprint density at radius 3 is 2.47 bits per heavy atom. The summed E-state index contributed by atoms with van der Waals surface area (Å²) in [4.78, 5) is 30.6. The van der Waals surface area contributed by atoms with E-state index in [2.05, 4.69) is 15.9 Å². The van der Waals surface area contributed by atoms with Gasteiger partial charge in [0, 0.05) is 57.1 Å². The van der Waals surface area contributed by atoms with Crippen LogP contribution in [0.2, 0.25) is 0 Å². The van der Waals surface area contributed by atoms with E-state index in [0.717, 1.165) is 51.4 Å². The number of anilines is 1. The predicted octanol–water partition coefficient (Wildman–Crippen LogP) is 3.13. The van der Waals surface area contributed by atoms with Crippen LogP contribution in [0.4, 0.5) is 10.5 Å². The van der Waals surface area contributed by atoms with E-state index in [9.17, 15) is 9.59 Å². The van der Waals surface area contributed by atoms with Crippen LogP contribution in [0.1, 0.15) is 49.5 Å². The highest BCUT2D eigenvalue weighted by Gasteiger charge is 2.28. The van der Waals surface area contributed by atoms with Crippen molar-refractivity contribution in [1.29, 1.82) is 0 Å². The van der Waals surface area contributed by atoms with Crippen LogP contribution in [0.15, 0.2) is 18.2 Å². The maximum absolute atomic E-state index is 12.2. The molecule has 164 valence electrons. The number of hydrogen-bond acceptors (Lipinski definition) is 6. The van der Waals surface area contributed by atoms with E-state index in [1.165, 1.54) is 18.5 Å². The van der Waals surface area contributed by atoms with E-state index in [1.807, 2.05) is 37.8 Å². The van der Waals surface area contributed by atoms with Gasteiger partial charge in [0.1, 0.15) is 12.2 Å². The standard InChI is InChI=1S/C23H33N3O4/c1-23(2,3)30-22(28)26-12-10-24(11-13-26)15-17-6-8-25(9-7-17)19-4-5-20-18(14-19)16-29-21(20)27/h4-5,14,17H,6-13,15-16H2,1-3H3. The zero-order chi connectivity index (χ0) is 21.3. The van der Waals surface area contributed by atoms with Gasteiger partial charge in [-0.25, -0.2) is 9.59 Å². The van der Waals surface area contributed by atoms with Gasteiger partial charge in [-0.05, 0) is 57.7 Å². The topological polar surface area (TPSA) is 62.3 Å². The Kier molecular flexibility index (Phi) is 5.91. The summed E-state index contributed by atoms with van der Waals surface area (Å²) in [6, 6.07) is 6.05. The van der Waals surface area contributed by atoms with Crippen LogP contribution in [-0.4, -0.2) is 73.3 Å². The molecule has 0 aliphatic carbocycles. The van der Waals surface area contributed by atoms with Crippen LogP contribution in [0.25, 0.3) is 0 Å². The molecule has 0 bridgehead atoms. The molecule has 3 aliphatic heterocycles. The minimum Gasteiger partial charge on any atom is -0.457 e. The number of benzene rings is 1. The lowest BCUT2D eigenvalue weighted by atomic mass is 9.95. The third-order valence-electron chi connectivity index (χ3n) is 6.19. The fourth-order valence-electron chi connectivity index (χ4n) is 4.49. The van der Waals surface area contributed by atoms with Crippen LogP contribution in [0.5, 0.6) is 0 Å². The Balaban J connectivity index is 1.21. The van der Waals surface area contributed by atoms with E-state index in [1.54, 1.807) is 0 Å². The number of esters is 1. The van der Waals surface area contributed by atoms with Crippen LogP contribution in [-0.2, 0) is 16.1 Å². The van der Waals surface area contributed by atoms with Crippen molar-refractivity contribution >= 4 is 17.7 Å². The molecule has 0 atom stereocenters. The van der Waals surface area contributed by atoms with E-state index >= 15 is 0 Å².